The fourth-order valence-corrected chi connectivity index (χ4v) is 2.55. The Hall–Kier alpha value is -2.57. The van der Waals surface area contributed by atoms with E-state index in [2.05, 4.69) is 15.5 Å². The lowest BCUT2D eigenvalue weighted by Gasteiger charge is -2.30. The molecule has 0 unspecified atom stereocenters. The molecule has 7 nitrogen and oxygen atoms in total. The molecule has 0 bridgehead atoms. The maximum absolute atomic E-state index is 12.2. The summed E-state index contributed by atoms with van der Waals surface area (Å²) >= 11 is 0. The van der Waals surface area contributed by atoms with Gasteiger partial charge in [-0.05, 0) is 30.1 Å². The molecule has 0 radical (unpaired) electrons. The van der Waals surface area contributed by atoms with Gasteiger partial charge in [-0.15, -0.1) is 0 Å². The zero-order valence-corrected chi connectivity index (χ0v) is 12.4. The van der Waals surface area contributed by atoms with Crippen LogP contribution in [0.25, 0.3) is 0 Å². The summed E-state index contributed by atoms with van der Waals surface area (Å²) in [5.41, 5.74) is 0. The molecule has 7 heteroatoms. The SMILES string of the molecule is COc1cc(C2CCN(C(=O)Nc3ccccn3)CC2)on1. The summed E-state index contributed by atoms with van der Waals surface area (Å²) in [5, 5.41) is 6.62. The van der Waals surface area contributed by atoms with Crippen molar-refractivity contribution in [3.63, 3.8) is 0 Å². The molecule has 3 heterocycles. The van der Waals surface area contributed by atoms with Gasteiger partial charge < -0.3 is 14.2 Å². The average Bonchev–Trinajstić information content (AvgIpc) is 3.05. The maximum atomic E-state index is 12.2. The average molecular weight is 302 g/mol. The summed E-state index contributed by atoms with van der Waals surface area (Å²) in [7, 11) is 1.56. The number of piperidine rings is 1. The minimum absolute atomic E-state index is 0.118. The number of methoxy groups -OCH3 is 1. The van der Waals surface area contributed by atoms with E-state index in [4.69, 9.17) is 9.26 Å². The third-order valence-corrected chi connectivity index (χ3v) is 3.80. The number of rotatable bonds is 3. The monoisotopic (exact) mass is 302 g/mol. The van der Waals surface area contributed by atoms with Gasteiger partial charge in [-0.3, -0.25) is 5.32 Å². The first kappa shape index (κ1) is 14.4. The summed E-state index contributed by atoms with van der Waals surface area (Å²) in [6.45, 7) is 1.35. The number of hydrogen-bond acceptors (Lipinski definition) is 5. The van der Waals surface area contributed by atoms with Gasteiger partial charge in [-0.2, -0.15) is 0 Å². The van der Waals surface area contributed by atoms with Crippen LogP contribution in [0, 0.1) is 0 Å². The molecule has 1 aliphatic rings. The van der Waals surface area contributed by atoms with Crippen LogP contribution in [0.4, 0.5) is 10.6 Å². The third-order valence-electron chi connectivity index (χ3n) is 3.80. The Morgan fingerprint density at radius 2 is 2.23 bits per heavy atom. The normalized spacial score (nSPS) is 15.6. The highest BCUT2D eigenvalue weighted by Gasteiger charge is 2.26. The first-order valence-electron chi connectivity index (χ1n) is 7.24. The molecule has 1 N–H and O–H groups in total. The quantitative estimate of drug-likeness (QED) is 0.942. The topological polar surface area (TPSA) is 80.5 Å². The molecule has 0 aliphatic carbocycles. The van der Waals surface area contributed by atoms with Gasteiger partial charge in [-0.25, -0.2) is 9.78 Å². The Balaban J connectivity index is 1.54. The van der Waals surface area contributed by atoms with Gasteiger partial charge in [0.15, 0.2) is 0 Å². The van der Waals surface area contributed by atoms with Crippen LogP contribution in [0.5, 0.6) is 5.88 Å². The molecule has 22 heavy (non-hydrogen) atoms. The third kappa shape index (κ3) is 3.19. The Labute approximate surface area is 128 Å². The number of aromatic nitrogens is 2. The summed E-state index contributed by atoms with van der Waals surface area (Å²) in [4.78, 5) is 18.1. The number of carbonyl (C=O) groups is 1. The van der Waals surface area contributed by atoms with Crippen molar-refractivity contribution >= 4 is 11.8 Å². The minimum Gasteiger partial charge on any atom is -0.479 e. The van der Waals surface area contributed by atoms with Crippen LogP contribution in [0.15, 0.2) is 35.0 Å². The van der Waals surface area contributed by atoms with Gasteiger partial charge in [0, 0.05) is 31.3 Å². The van der Waals surface area contributed by atoms with Gasteiger partial charge in [-0.1, -0.05) is 6.07 Å². The fraction of sp³-hybridized carbons (Fsp3) is 0.400. The van der Waals surface area contributed by atoms with Crippen molar-refractivity contribution in [1.82, 2.24) is 15.0 Å². The Morgan fingerprint density at radius 1 is 1.41 bits per heavy atom. The molecule has 0 spiro atoms. The van der Waals surface area contributed by atoms with Crippen LogP contribution in [0.2, 0.25) is 0 Å². The molecule has 1 saturated heterocycles. The van der Waals surface area contributed by atoms with Gasteiger partial charge in [0.25, 0.3) is 5.88 Å². The highest BCUT2D eigenvalue weighted by molar-refractivity contribution is 5.88. The fourth-order valence-electron chi connectivity index (χ4n) is 2.55. The van der Waals surface area contributed by atoms with E-state index in [0.717, 1.165) is 18.6 Å². The highest BCUT2D eigenvalue weighted by Crippen LogP contribution is 2.30. The molecule has 0 aromatic carbocycles. The van der Waals surface area contributed by atoms with Crippen LogP contribution in [-0.2, 0) is 0 Å². The molecule has 2 amide bonds. The smallest absolute Gasteiger partial charge is 0.323 e. The van der Waals surface area contributed by atoms with Gasteiger partial charge in [0.2, 0.25) is 0 Å². The van der Waals surface area contributed by atoms with Crippen LogP contribution in [-0.4, -0.2) is 41.3 Å². The van der Waals surface area contributed by atoms with Crippen molar-refractivity contribution < 1.29 is 14.1 Å². The van der Waals surface area contributed by atoms with E-state index in [0.29, 0.717) is 24.8 Å². The first-order valence-corrected chi connectivity index (χ1v) is 7.24. The Bertz CT molecular complexity index is 621. The molecule has 3 rings (SSSR count). The van der Waals surface area contributed by atoms with Crippen molar-refractivity contribution in [2.45, 2.75) is 18.8 Å². The number of ether oxygens (including phenoxy) is 1. The lowest BCUT2D eigenvalue weighted by atomic mass is 9.94. The van der Waals surface area contributed by atoms with Crippen molar-refractivity contribution in [3.8, 4) is 5.88 Å². The second-order valence-electron chi connectivity index (χ2n) is 5.18. The van der Waals surface area contributed by atoms with E-state index in [1.54, 1.807) is 24.3 Å². The minimum atomic E-state index is -0.118. The molecule has 0 saturated carbocycles. The number of amides is 2. The summed E-state index contributed by atoms with van der Waals surface area (Å²) < 4.78 is 10.3. The van der Waals surface area contributed by atoms with Crippen molar-refractivity contribution in [1.29, 1.82) is 0 Å². The molecular formula is C15H18N4O3. The van der Waals surface area contributed by atoms with E-state index in [1.807, 2.05) is 18.2 Å². The predicted molar refractivity (Wildman–Crippen MR) is 79.9 cm³/mol. The number of likely N-dealkylation sites (tertiary alicyclic amines) is 1. The van der Waals surface area contributed by atoms with Gasteiger partial charge in [0.1, 0.15) is 11.6 Å². The molecule has 1 aliphatic heterocycles. The largest absolute Gasteiger partial charge is 0.479 e. The maximum Gasteiger partial charge on any atom is 0.323 e. The number of hydrogen-bond donors (Lipinski definition) is 1. The number of carbonyl (C=O) groups excluding carboxylic acids is 1. The lowest BCUT2D eigenvalue weighted by molar-refractivity contribution is 0.188. The first-order chi connectivity index (χ1) is 10.8. The Kier molecular flexibility index (Phi) is 4.22. The summed E-state index contributed by atoms with van der Waals surface area (Å²) in [6, 6.07) is 7.12. The number of nitrogens with zero attached hydrogens (tertiary/aromatic N) is 3. The van der Waals surface area contributed by atoms with E-state index in [-0.39, 0.29) is 11.9 Å². The van der Waals surface area contributed by atoms with Crippen molar-refractivity contribution in [2.75, 3.05) is 25.5 Å². The van der Waals surface area contributed by atoms with Crippen LogP contribution < -0.4 is 10.1 Å². The molecular weight excluding hydrogens is 284 g/mol. The van der Waals surface area contributed by atoms with E-state index >= 15 is 0 Å². The Morgan fingerprint density at radius 3 is 2.86 bits per heavy atom. The molecule has 2 aromatic rings. The second kappa shape index (κ2) is 6.46. The van der Waals surface area contributed by atoms with E-state index in [9.17, 15) is 4.79 Å². The van der Waals surface area contributed by atoms with Crippen molar-refractivity contribution in [2.24, 2.45) is 0 Å². The van der Waals surface area contributed by atoms with Gasteiger partial charge in [0.05, 0.1) is 7.11 Å². The molecule has 2 aromatic heterocycles. The second-order valence-corrected chi connectivity index (χ2v) is 5.18. The molecule has 0 atom stereocenters. The predicted octanol–water partition coefficient (Wildman–Crippen LogP) is 2.49. The summed E-state index contributed by atoms with van der Waals surface area (Å²) in [6.07, 6.45) is 3.33. The zero-order valence-electron chi connectivity index (χ0n) is 12.4. The van der Waals surface area contributed by atoms with Gasteiger partial charge >= 0.3 is 6.03 Å². The van der Waals surface area contributed by atoms with E-state index < -0.39 is 0 Å². The standard InChI is InChI=1S/C15H18N4O3/c1-21-14-10-12(22-18-14)11-5-8-19(9-6-11)15(20)17-13-4-2-3-7-16-13/h2-4,7,10-11H,5-6,8-9H2,1H3,(H,16,17,20). The number of nitrogens with one attached hydrogen (secondary N) is 1. The number of urea groups is 1. The van der Waals surface area contributed by atoms with Crippen LogP contribution in [0.3, 0.4) is 0 Å². The summed E-state index contributed by atoms with van der Waals surface area (Å²) in [5.74, 6) is 2.15. The highest BCUT2D eigenvalue weighted by atomic mass is 16.5. The van der Waals surface area contributed by atoms with Crippen LogP contribution in [0.1, 0.15) is 24.5 Å². The van der Waals surface area contributed by atoms with Crippen LogP contribution >= 0.6 is 0 Å². The van der Waals surface area contributed by atoms with Crippen molar-refractivity contribution in [3.05, 3.63) is 36.2 Å². The number of anilines is 1. The number of pyridine rings is 1. The molecule has 1 fully saturated rings. The van der Waals surface area contributed by atoms with E-state index in [1.165, 1.54) is 0 Å². The zero-order chi connectivity index (χ0) is 15.4. The molecule has 116 valence electrons. The lowest BCUT2D eigenvalue weighted by Crippen LogP contribution is -2.40.